The SMILES string of the molecule is CC(C)C1=Cc2c(-c3ccc(C(F)(F)F)cc3)cccc2[CH]1[Zr+2][CH]1C(C(C)C)=Cc2c(-c3ccc(C(F)(F)F)cc3)cccc21.[Cl-].[Cl-]. The van der Waals surface area contributed by atoms with Crippen LogP contribution in [-0.2, 0) is 35.6 Å². The summed E-state index contributed by atoms with van der Waals surface area (Å²) in [5.74, 6) is 0.601. The minimum atomic E-state index is -4.38. The van der Waals surface area contributed by atoms with Crippen molar-refractivity contribution in [3.05, 3.63) is 129 Å². The Labute approximate surface area is 295 Å². The van der Waals surface area contributed by atoms with E-state index in [0.29, 0.717) is 11.8 Å². The molecule has 0 nitrogen and oxygen atoms in total. The second-order valence-electron chi connectivity index (χ2n) is 12.4. The van der Waals surface area contributed by atoms with Crippen molar-refractivity contribution in [2.75, 3.05) is 0 Å². The molecule has 9 heteroatoms. The van der Waals surface area contributed by atoms with Crippen LogP contribution in [0.2, 0.25) is 0 Å². The topological polar surface area (TPSA) is 0 Å². The van der Waals surface area contributed by atoms with E-state index >= 15 is 0 Å². The van der Waals surface area contributed by atoms with Crippen molar-refractivity contribution < 1.29 is 74.4 Å². The van der Waals surface area contributed by atoms with Gasteiger partial charge in [0, 0.05) is 0 Å². The molecule has 4 aromatic carbocycles. The predicted octanol–water partition coefficient (Wildman–Crippen LogP) is 6.04. The first-order chi connectivity index (χ1) is 21.2. The largest absolute Gasteiger partial charge is 1.00 e. The van der Waals surface area contributed by atoms with Gasteiger partial charge in [-0.05, 0) is 0 Å². The monoisotopic (exact) mass is 762 g/mol. The van der Waals surface area contributed by atoms with Crippen LogP contribution in [0.1, 0.15) is 68.3 Å². The van der Waals surface area contributed by atoms with Gasteiger partial charge >= 0.3 is 273 Å². The second-order valence-corrected chi connectivity index (χ2v) is 16.1. The molecule has 0 aliphatic heterocycles. The molecule has 244 valence electrons. The van der Waals surface area contributed by atoms with Crippen LogP contribution < -0.4 is 24.8 Å². The van der Waals surface area contributed by atoms with Crippen LogP contribution in [0.5, 0.6) is 0 Å². The summed E-state index contributed by atoms with van der Waals surface area (Å²) in [6.07, 6.45) is -4.23. The fourth-order valence-corrected chi connectivity index (χ4v) is 12.5. The van der Waals surface area contributed by atoms with Crippen LogP contribution in [-0.4, -0.2) is 0 Å². The Balaban J connectivity index is 0.00000250. The van der Waals surface area contributed by atoms with Crippen LogP contribution in [0.4, 0.5) is 26.3 Å². The van der Waals surface area contributed by atoms with Gasteiger partial charge in [-0.3, -0.25) is 0 Å². The van der Waals surface area contributed by atoms with E-state index in [0.717, 1.165) is 57.6 Å². The van der Waals surface area contributed by atoms with E-state index in [4.69, 9.17) is 0 Å². The maximum atomic E-state index is 13.3. The van der Waals surface area contributed by atoms with Crippen LogP contribution >= 0.6 is 0 Å². The van der Waals surface area contributed by atoms with E-state index in [2.05, 4.69) is 52.0 Å². The number of hydrogen-bond donors (Lipinski definition) is 0. The molecule has 0 N–H and O–H groups in total. The summed E-state index contributed by atoms with van der Waals surface area (Å²) in [5.41, 5.74) is 9.52. The first-order valence-corrected chi connectivity index (χ1v) is 17.9. The minimum Gasteiger partial charge on any atom is -1.00 e. The molecule has 2 aliphatic carbocycles. The van der Waals surface area contributed by atoms with Crippen LogP contribution in [0, 0.1) is 11.8 Å². The zero-order valence-corrected chi connectivity index (χ0v) is 30.0. The van der Waals surface area contributed by atoms with E-state index < -0.39 is 46.7 Å². The average Bonchev–Trinajstić information content (AvgIpc) is 3.56. The number of halogens is 8. The van der Waals surface area contributed by atoms with Crippen molar-refractivity contribution in [2.24, 2.45) is 11.8 Å². The third kappa shape index (κ3) is 7.24. The van der Waals surface area contributed by atoms with Gasteiger partial charge < -0.3 is 24.8 Å². The molecule has 0 aromatic heterocycles. The summed E-state index contributed by atoms with van der Waals surface area (Å²) in [4.78, 5) is 0. The van der Waals surface area contributed by atoms with Gasteiger partial charge in [-0.25, -0.2) is 0 Å². The molecule has 0 saturated carbocycles. The molecule has 47 heavy (non-hydrogen) atoms. The van der Waals surface area contributed by atoms with Gasteiger partial charge in [0.15, 0.2) is 0 Å². The van der Waals surface area contributed by atoms with Crippen LogP contribution in [0.15, 0.2) is 96.1 Å². The number of allylic oxidation sites excluding steroid dienone is 2. The normalized spacial score (nSPS) is 16.9. The van der Waals surface area contributed by atoms with Crippen molar-refractivity contribution in [3.8, 4) is 22.3 Å². The standard InChI is InChI=1S/2C19H16F3.2ClH.Zr/c2*1-12(2)15-10-14-4-3-5-17(18(14)11-15)13-6-8-16(9-7-13)19(20,21)22;;;/h2*3-12H,1-2H3;2*1H;/q;;;;+2/p-2. The van der Waals surface area contributed by atoms with E-state index in [1.54, 1.807) is 24.3 Å². The van der Waals surface area contributed by atoms with Crippen LogP contribution in [0.3, 0.4) is 0 Å². The summed E-state index contributed by atoms with van der Waals surface area (Å²) >= 11 is -1.30. The van der Waals surface area contributed by atoms with Gasteiger partial charge in [0.1, 0.15) is 0 Å². The first-order valence-electron chi connectivity index (χ1n) is 15.0. The maximum Gasteiger partial charge on any atom is -1.00 e. The summed E-state index contributed by atoms with van der Waals surface area (Å²) in [5, 5.41) is 0. The van der Waals surface area contributed by atoms with Crippen molar-refractivity contribution in [3.63, 3.8) is 0 Å². The maximum absolute atomic E-state index is 13.3. The summed E-state index contributed by atoms with van der Waals surface area (Å²) in [7, 11) is 0. The Hall–Kier alpha value is -2.60. The number of alkyl halides is 6. The molecule has 4 aromatic rings. The van der Waals surface area contributed by atoms with Crippen LogP contribution in [0.25, 0.3) is 34.4 Å². The van der Waals surface area contributed by atoms with Crippen molar-refractivity contribution >= 4 is 12.2 Å². The Kier molecular flexibility index (Phi) is 11.2. The van der Waals surface area contributed by atoms with Gasteiger partial charge in [-0.15, -0.1) is 0 Å². The average molecular weight is 765 g/mol. The van der Waals surface area contributed by atoms with E-state index in [9.17, 15) is 26.3 Å². The molecular weight excluding hydrogens is 733 g/mol. The van der Waals surface area contributed by atoms with E-state index in [-0.39, 0.29) is 32.1 Å². The fraction of sp³-hybridized carbons (Fsp3) is 0.263. The zero-order valence-electron chi connectivity index (χ0n) is 26.1. The van der Waals surface area contributed by atoms with Gasteiger partial charge in [0.25, 0.3) is 0 Å². The van der Waals surface area contributed by atoms with Gasteiger partial charge in [0.2, 0.25) is 0 Å². The Morgan fingerprint density at radius 3 is 1.15 bits per heavy atom. The molecule has 0 bridgehead atoms. The Morgan fingerprint density at radius 1 is 0.511 bits per heavy atom. The van der Waals surface area contributed by atoms with Crippen molar-refractivity contribution in [2.45, 2.75) is 47.3 Å². The molecule has 0 heterocycles. The molecule has 0 saturated heterocycles. The van der Waals surface area contributed by atoms with Crippen molar-refractivity contribution in [1.29, 1.82) is 0 Å². The molecule has 0 radical (unpaired) electrons. The van der Waals surface area contributed by atoms with E-state index in [1.807, 2.05) is 24.3 Å². The predicted molar refractivity (Wildman–Crippen MR) is 165 cm³/mol. The molecule has 0 fully saturated rings. The number of hydrogen-bond acceptors (Lipinski definition) is 0. The first kappa shape index (κ1) is 37.2. The fourth-order valence-electron chi connectivity index (χ4n) is 6.57. The van der Waals surface area contributed by atoms with Gasteiger partial charge in [0.05, 0.1) is 0 Å². The summed E-state index contributed by atoms with van der Waals surface area (Å²) in [6.45, 7) is 8.80. The third-order valence-electron chi connectivity index (χ3n) is 8.90. The van der Waals surface area contributed by atoms with Gasteiger partial charge in [-0.2, -0.15) is 0 Å². The smallest absolute Gasteiger partial charge is 1.00 e. The van der Waals surface area contributed by atoms with E-state index in [1.165, 1.54) is 22.3 Å². The summed E-state index contributed by atoms with van der Waals surface area (Å²) < 4.78 is 80.1. The Morgan fingerprint density at radius 2 is 0.851 bits per heavy atom. The second kappa shape index (κ2) is 14.1. The zero-order chi connectivity index (χ0) is 32.3. The third-order valence-corrected chi connectivity index (χ3v) is 13.7. The molecule has 2 unspecified atom stereocenters. The number of rotatable bonds is 6. The summed E-state index contributed by atoms with van der Waals surface area (Å²) in [6, 6.07) is 23.2. The van der Waals surface area contributed by atoms with Gasteiger partial charge in [-0.1, -0.05) is 0 Å². The molecule has 6 rings (SSSR count). The molecule has 2 atom stereocenters. The Bertz CT molecular complexity index is 1670. The van der Waals surface area contributed by atoms with Crippen molar-refractivity contribution in [1.82, 2.24) is 0 Å². The number of fused-ring (bicyclic) bond motifs is 2. The molecule has 0 amide bonds. The molecular formula is C38H32Cl2F6Zr. The molecule has 0 spiro atoms. The number of benzene rings is 4. The quantitative estimate of drug-likeness (QED) is 0.211. The minimum absolute atomic E-state index is 0. The molecule has 2 aliphatic rings.